The van der Waals surface area contributed by atoms with Gasteiger partial charge in [-0.15, -0.1) is 0 Å². The zero-order valence-corrected chi connectivity index (χ0v) is 37.2. The molecule has 2 aromatic carbocycles. The van der Waals surface area contributed by atoms with Gasteiger partial charge in [0.25, 0.3) is 0 Å². The van der Waals surface area contributed by atoms with Gasteiger partial charge < -0.3 is 29.5 Å². The maximum atomic E-state index is 14.6. The van der Waals surface area contributed by atoms with Crippen molar-refractivity contribution in [3.63, 3.8) is 0 Å². The minimum atomic E-state index is -0.850. The molecule has 0 unspecified atom stereocenters. The molecule has 3 aliphatic rings. The van der Waals surface area contributed by atoms with Crippen molar-refractivity contribution < 1.29 is 33.8 Å². The van der Waals surface area contributed by atoms with Crippen LogP contribution in [-0.4, -0.2) is 116 Å². The molecule has 15 nitrogen and oxygen atoms in total. The molecule has 7 rings (SSSR count). The Hall–Kier alpha value is -6.09. The number of fused-ring (bicyclic) bond motifs is 6. The number of carbonyl (C=O) groups excluding carboxylic acids is 5. The fourth-order valence-electron chi connectivity index (χ4n) is 9.55. The first-order valence-corrected chi connectivity index (χ1v) is 22.0. The van der Waals surface area contributed by atoms with Gasteiger partial charge in [-0.25, -0.2) is 15.4 Å². The molecule has 15 heteroatoms. The number of aromatic hydroxyl groups is 1. The van der Waals surface area contributed by atoms with Crippen molar-refractivity contribution in [1.29, 1.82) is 0 Å². The van der Waals surface area contributed by atoms with Crippen molar-refractivity contribution in [3.05, 3.63) is 78.9 Å². The first-order chi connectivity index (χ1) is 30.1. The topological polar surface area (TPSA) is 179 Å². The number of phenolic OH excluding ortho intramolecular Hbond substituents is 1. The highest BCUT2D eigenvalue weighted by atomic mass is 16.5. The average molecular weight is 861 g/mol. The van der Waals surface area contributed by atoms with Gasteiger partial charge in [0.15, 0.2) is 0 Å². The van der Waals surface area contributed by atoms with Crippen LogP contribution in [0.5, 0.6) is 5.75 Å². The fraction of sp³-hybridized carbons (Fsp3) is 0.479. The fourth-order valence-corrected chi connectivity index (χ4v) is 9.55. The van der Waals surface area contributed by atoms with Crippen molar-refractivity contribution in [2.24, 2.45) is 23.2 Å². The number of hydrogen-bond acceptors (Lipinski definition) is 10. The minimum absolute atomic E-state index is 0.0287. The molecule has 63 heavy (non-hydrogen) atoms. The number of esters is 1. The number of cyclic esters (lactones) is 1. The van der Waals surface area contributed by atoms with Crippen molar-refractivity contribution in [2.45, 2.75) is 85.4 Å². The first kappa shape index (κ1) is 44.9. The molecule has 2 saturated heterocycles. The van der Waals surface area contributed by atoms with Crippen LogP contribution in [0.25, 0.3) is 33.3 Å². The molecule has 6 bridgehead atoms. The normalized spacial score (nSPS) is 20.8. The molecule has 4 amide bonds. The average Bonchev–Trinajstić information content (AvgIpc) is 3.89. The summed E-state index contributed by atoms with van der Waals surface area (Å²) in [6.07, 6.45) is 8.59. The quantitative estimate of drug-likeness (QED) is 0.155. The van der Waals surface area contributed by atoms with Crippen molar-refractivity contribution >= 4 is 40.5 Å². The molecule has 3 N–H and O–H groups in total. The van der Waals surface area contributed by atoms with Crippen molar-refractivity contribution in [3.8, 4) is 28.1 Å². The van der Waals surface area contributed by atoms with Gasteiger partial charge >= 0.3 is 5.97 Å². The predicted octanol–water partition coefficient (Wildman–Crippen LogP) is 4.90. The summed E-state index contributed by atoms with van der Waals surface area (Å²) in [7, 11) is 1.60. The molecule has 0 spiro atoms. The third-order valence-electron chi connectivity index (χ3n) is 12.7. The summed E-state index contributed by atoms with van der Waals surface area (Å²) in [6.45, 7) is 15.3. The monoisotopic (exact) mass is 860 g/mol. The van der Waals surface area contributed by atoms with E-state index < -0.39 is 41.2 Å². The van der Waals surface area contributed by atoms with E-state index in [9.17, 15) is 29.1 Å². The van der Waals surface area contributed by atoms with Crippen molar-refractivity contribution in [1.82, 2.24) is 40.1 Å². The van der Waals surface area contributed by atoms with Gasteiger partial charge in [-0.2, -0.15) is 0 Å². The van der Waals surface area contributed by atoms with Crippen LogP contribution >= 0.6 is 0 Å². The first-order valence-electron chi connectivity index (χ1n) is 22.0. The number of nitrogens with zero attached hydrogens (tertiary/aromatic N) is 6. The number of aryl methyl sites for hydroxylation is 1. The summed E-state index contributed by atoms with van der Waals surface area (Å²) in [6, 6.07) is 9.93. The van der Waals surface area contributed by atoms with Crippen LogP contribution in [0, 0.1) is 23.2 Å². The highest BCUT2D eigenvalue weighted by Gasteiger charge is 2.39. The van der Waals surface area contributed by atoms with Crippen LogP contribution in [0.3, 0.4) is 0 Å². The SMILES string of the molecule is C=CC(=O)N1CC[C@H](C(=O)N(C)[C@H](C(=O)NC[C@H]2Cc3cc(O)cc(c3)-c3ccc4c(c3)c(c(-c3cncnc3)n4CC)CC(C)(C)COC(=O)[C@@H]3CCCN(N3)C2=O)C(C)C)C1. The second kappa shape index (κ2) is 18.7. The second-order valence-corrected chi connectivity index (χ2v) is 18.3. The Labute approximate surface area is 368 Å². The summed E-state index contributed by atoms with van der Waals surface area (Å²) < 4.78 is 8.30. The van der Waals surface area contributed by atoms with Crippen LogP contribution in [-0.2, 0) is 48.1 Å². The summed E-state index contributed by atoms with van der Waals surface area (Å²) in [5.41, 5.74) is 8.88. The number of phenols is 1. The Bertz CT molecular complexity index is 2390. The number of aromatic nitrogens is 3. The number of ether oxygens (including phenoxy) is 1. The number of likely N-dealkylation sites (tertiary alicyclic amines) is 1. The van der Waals surface area contributed by atoms with Gasteiger partial charge in [0, 0.05) is 74.0 Å². The van der Waals surface area contributed by atoms with E-state index in [1.165, 1.54) is 22.3 Å². The molecule has 0 aliphatic carbocycles. The van der Waals surface area contributed by atoms with Gasteiger partial charge in [0.05, 0.1) is 24.1 Å². The zero-order chi connectivity index (χ0) is 45.2. The molecule has 334 valence electrons. The third-order valence-corrected chi connectivity index (χ3v) is 12.7. The second-order valence-electron chi connectivity index (χ2n) is 18.3. The number of hydrazine groups is 1. The van der Waals surface area contributed by atoms with E-state index in [0.29, 0.717) is 50.9 Å². The van der Waals surface area contributed by atoms with E-state index in [0.717, 1.165) is 38.9 Å². The molecule has 0 radical (unpaired) electrons. The zero-order valence-electron chi connectivity index (χ0n) is 37.2. The van der Waals surface area contributed by atoms with Gasteiger partial charge in [-0.3, -0.25) is 29.0 Å². The lowest BCUT2D eigenvalue weighted by Crippen LogP contribution is -2.58. The summed E-state index contributed by atoms with van der Waals surface area (Å²) in [5.74, 6) is -3.18. The van der Waals surface area contributed by atoms with Crippen LogP contribution in [0.4, 0.5) is 0 Å². The van der Waals surface area contributed by atoms with E-state index in [2.05, 4.69) is 64.8 Å². The van der Waals surface area contributed by atoms with Gasteiger partial charge in [-0.05, 0) is 97.5 Å². The van der Waals surface area contributed by atoms with Gasteiger partial charge in [0.1, 0.15) is 24.2 Å². The van der Waals surface area contributed by atoms with E-state index in [-0.39, 0.29) is 55.5 Å². The summed E-state index contributed by atoms with van der Waals surface area (Å²) >= 11 is 0. The Morgan fingerprint density at radius 1 is 1.06 bits per heavy atom. The Morgan fingerprint density at radius 2 is 1.83 bits per heavy atom. The maximum Gasteiger partial charge on any atom is 0.324 e. The maximum absolute atomic E-state index is 14.6. The lowest BCUT2D eigenvalue weighted by atomic mass is 9.84. The molecule has 5 heterocycles. The Balaban J connectivity index is 1.24. The minimum Gasteiger partial charge on any atom is -0.508 e. The molecule has 4 aromatic rings. The number of benzene rings is 2. The lowest BCUT2D eigenvalue weighted by molar-refractivity contribution is -0.155. The Morgan fingerprint density at radius 3 is 2.54 bits per heavy atom. The number of amides is 4. The molecular weight excluding hydrogens is 801 g/mol. The lowest BCUT2D eigenvalue weighted by Gasteiger charge is -2.36. The summed E-state index contributed by atoms with van der Waals surface area (Å²) in [4.78, 5) is 80.2. The highest BCUT2D eigenvalue weighted by Crippen LogP contribution is 2.40. The van der Waals surface area contributed by atoms with Gasteiger partial charge in [0.2, 0.25) is 23.6 Å². The number of carbonyl (C=O) groups is 5. The van der Waals surface area contributed by atoms with E-state index in [1.807, 2.05) is 38.4 Å². The smallest absolute Gasteiger partial charge is 0.324 e. The molecular formula is C48H60N8O7. The Kier molecular flexibility index (Phi) is 13.4. The van der Waals surface area contributed by atoms with Crippen LogP contribution in [0.1, 0.15) is 65.0 Å². The number of rotatable bonds is 9. The van der Waals surface area contributed by atoms with Crippen LogP contribution in [0.2, 0.25) is 0 Å². The van der Waals surface area contributed by atoms with Gasteiger partial charge in [-0.1, -0.05) is 46.4 Å². The third kappa shape index (κ3) is 9.63. The highest BCUT2D eigenvalue weighted by molar-refractivity contribution is 5.95. The largest absolute Gasteiger partial charge is 0.508 e. The van der Waals surface area contributed by atoms with E-state index in [4.69, 9.17) is 4.74 Å². The number of hydrogen-bond donors (Lipinski definition) is 3. The number of nitrogens with one attached hydrogen (secondary N) is 2. The van der Waals surface area contributed by atoms with Crippen LogP contribution in [0.15, 0.2) is 67.8 Å². The predicted molar refractivity (Wildman–Crippen MR) is 239 cm³/mol. The van der Waals surface area contributed by atoms with E-state index in [1.54, 1.807) is 24.1 Å². The molecule has 4 atom stereocenters. The van der Waals surface area contributed by atoms with E-state index >= 15 is 0 Å². The van der Waals surface area contributed by atoms with Crippen LogP contribution < -0.4 is 10.7 Å². The number of likely N-dealkylation sites (N-methyl/N-ethyl adjacent to an activating group) is 1. The van der Waals surface area contributed by atoms with Crippen molar-refractivity contribution in [2.75, 3.05) is 39.8 Å². The molecule has 2 fully saturated rings. The standard InChI is InChI=1S/C48H60N8O7/c1-8-41(58)54-16-14-32(26-54)45(60)53(7)42(29(3)4)44(59)51-25-34-18-30-17-33(20-36(57)19-30)31-12-13-40-37(21-31)38(43(55(40)9-2)35-23-49-28-50-24-35)22-48(5,6)27-63-47(62)39-11-10-15-56(52-39)46(34)61/h8,12-13,17,19-21,23-24,28-29,32,34,39,42,52,57H,1,9-11,14-16,18,22,25-27H2,2-7H3,(H,51,59)/t32-,34+,39-,42-/m0/s1. The molecule has 3 aliphatic heterocycles. The molecule has 0 saturated carbocycles. The summed E-state index contributed by atoms with van der Waals surface area (Å²) in [5, 5.41) is 16.7. The molecule has 2 aromatic heterocycles.